The van der Waals surface area contributed by atoms with E-state index in [4.69, 9.17) is 17.0 Å². The van der Waals surface area contributed by atoms with Crippen LogP contribution in [0.5, 0.6) is 5.75 Å². The summed E-state index contributed by atoms with van der Waals surface area (Å²) in [6, 6.07) is 7.14. The van der Waals surface area contributed by atoms with Crippen molar-refractivity contribution in [1.82, 2.24) is 16.2 Å². The van der Waals surface area contributed by atoms with Crippen molar-refractivity contribution in [2.24, 2.45) is 0 Å². The lowest BCUT2D eigenvalue weighted by Crippen LogP contribution is -2.49. The van der Waals surface area contributed by atoms with Crippen molar-refractivity contribution in [2.75, 3.05) is 6.61 Å². The summed E-state index contributed by atoms with van der Waals surface area (Å²) in [5, 5.41) is 4.18. The average molecular weight is 507 g/mol. The van der Waals surface area contributed by atoms with Crippen LogP contribution in [-0.4, -0.2) is 23.5 Å². The van der Waals surface area contributed by atoms with Crippen molar-refractivity contribution < 1.29 is 14.3 Å². The number of hydrazine groups is 1. The van der Waals surface area contributed by atoms with E-state index in [1.54, 1.807) is 17.5 Å². The second kappa shape index (κ2) is 9.27. The zero-order valence-electron chi connectivity index (χ0n) is 12.9. The Kier molecular flexibility index (Phi) is 7.36. The second-order valence-corrected chi connectivity index (χ2v) is 7.88. The molecule has 6 nitrogen and oxygen atoms in total. The van der Waals surface area contributed by atoms with Gasteiger partial charge in [-0.15, -0.1) is 11.3 Å². The van der Waals surface area contributed by atoms with E-state index in [0.717, 1.165) is 14.5 Å². The summed E-state index contributed by atoms with van der Waals surface area (Å²) in [5.74, 6) is -0.211. The lowest BCUT2D eigenvalue weighted by molar-refractivity contribution is -0.121. The van der Waals surface area contributed by atoms with Crippen LogP contribution in [0.3, 0.4) is 0 Å². The minimum atomic E-state index is -0.447. The molecule has 1 heterocycles. The standard InChI is InChI=1S/C15H13Br2N3O3S2/c1-8-5-9(16)6-10(17)13(8)23-7-12(21)18-15(24)20-19-14(22)11-3-2-4-25-11/h2-6H,7H2,1H3,(H,19,22)(H2,18,20,21,24). The molecule has 3 N–H and O–H groups in total. The van der Waals surface area contributed by atoms with Crippen LogP contribution in [0.25, 0.3) is 0 Å². The maximum absolute atomic E-state index is 11.9. The Morgan fingerprint density at radius 2 is 2.04 bits per heavy atom. The maximum Gasteiger partial charge on any atom is 0.279 e. The van der Waals surface area contributed by atoms with Crippen LogP contribution in [0, 0.1) is 6.92 Å². The van der Waals surface area contributed by atoms with Gasteiger partial charge in [0.2, 0.25) is 0 Å². The summed E-state index contributed by atoms with van der Waals surface area (Å²) < 4.78 is 7.15. The van der Waals surface area contributed by atoms with E-state index >= 15 is 0 Å². The highest BCUT2D eigenvalue weighted by molar-refractivity contribution is 9.11. The number of hydrogen-bond donors (Lipinski definition) is 3. The van der Waals surface area contributed by atoms with Gasteiger partial charge in [0.25, 0.3) is 11.8 Å². The molecular weight excluding hydrogens is 494 g/mol. The second-order valence-electron chi connectivity index (χ2n) is 4.76. The fraction of sp³-hybridized carbons (Fsp3) is 0.133. The van der Waals surface area contributed by atoms with Crippen LogP contribution < -0.4 is 20.9 Å². The largest absolute Gasteiger partial charge is 0.482 e. The molecule has 1 aromatic carbocycles. The summed E-state index contributed by atoms with van der Waals surface area (Å²) in [6.07, 6.45) is 0. The topological polar surface area (TPSA) is 79.5 Å². The molecule has 132 valence electrons. The van der Waals surface area contributed by atoms with E-state index in [2.05, 4.69) is 48.0 Å². The third-order valence-electron chi connectivity index (χ3n) is 2.83. The molecule has 0 bridgehead atoms. The molecule has 2 rings (SSSR count). The first-order chi connectivity index (χ1) is 11.9. The molecule has 2 aromatic rings. The van der Waals surface area contributed by atoms with Gasteiger partial charge in [-0.3, -0.25) is 25.8 Å². The van der Waals surface area contributed by atoms with Crippen LogP contribution >= 0.6 is 55.4 Å². The van der Waals surface area contributed by atoms with E-state index in [9.17, 15) is 9.59 Å². The van der Waals surface area contributed by atoms with Gasteiger partial charge in [-0.05, 0) is 64.2 Å². The lowest BCUT2D eigenvalue weighted by Gasteiger charge is -2.13. The van der Waals surface area contributed by atoms with Gasteiger partial charge in [-0.2, -0.15) is 0 Å². The first kappa shape index (κ1) is 19.8. The van der Waals surface area contributed by atoms with Crippen LogP contribution in [-0.2, 0) is 4.79 Å². The lowest BCUT2D eigenvalue weighted by atomic mass is 10.2. The van der Waals surface area contributed by atoms with Gasteiger partial charge in [-0.25, -0.2) is 0 Å². The van der Waals surface area contributed by atoms with Crippen LogP contribution in [0.1, 0.15) is 15.2 Å². The van der Waals surface area contributed by atoms with Gasteiger partial charge in [0.05, 0.1) is 9.35 Å². The molecule has 0 radical (unpaired) electrons. The predicted octanol–water partition coefficient (Wildman–Crippen LogP) is 3.30. The Labute approximate surface area is 170 Å². The van der Waals surface area contributed by atoms with Crippen molar-refractivity contribution in [2.45, 2.75) is 6.92 Å². The molecule has 1 aromatic heterocycles. The Morgan fingerprint density at radius 1 is 1.28 bits per heavy atom. The number of carbonyl (C=O) groups excluding carboxylic acids is 2. The van der Waals surface area contributed by atoms with Crippen molar-refractivity contribution >= 4 is 72.3 Å². The number of benzene rings is 1. The summed E-state index contributed by atoms with van der Waals surface area (Å²) in [6.45, 7) is 1.65. The number of nitrogens with one attached hydrogen (secondary N) is 3. The van der Waals surface area contributed by atoms with Gasteiger partial charge in [-0.1, -0.05) is 22.0 Å². The zero-order chi connectivity index (χ0) is 18.4. The molecule has 10 heteroatoms. The fourth-order valence-corrected chi connectivity index (χ4v) is 4.12. The fourth-order valence-electron chi connectivity index (χ4n) is 1.79. The molecular formula is C15H13Br2N3O3S2. The van der Waals surface area contributed by atoms with Crippen molar-refractivity contribution in [3.05, 3.63) is 49.0 Å². The summed E-state index contributed by atoms with van der Waals surface area (Å²) in [4.78, 5) is 24.2. The monoisotopic (exact) mass is 505 g/mol. The van der Waals surface area contributed by atoms with Gasteiger partial charge in [0.1, 0.15) is 5.75 Å². The number of ether oxygens (including phenoxy) is 1. The first-order valence-electron chi connectivity index (χ1n) is 6.89. The number of carbonyl (C=O) groups is 2. The molecule has 0 aliphatic heterocycles. The number of rotatable bonds is 4. The molecule has 0 spiro atoms. The maximum atomic E-state index is 11.9. The smallest absolute Gasteiger partial charge is 0.279 e. The molecule has 0 aliphatic carbocycles. The SMILES string of the molecule is Cc1cc(Br)cc(Br)c1OCC(=O)NC(=S)NNC(=O)c1cccs1. The van der Waals surface area contributed by atoms with Crippen LogP contribution in [0.15, 0.2) is 38.6 Å². The number of amides is 2. The molecule has 0 saturated heterocycles. The number of thiophene rings is 1. The molecule has 0 unspecified atom stereocenters. The Bertz CT molecular complexity index is 774. The number of thiocarbonyl (C=S) groups is 1. The third-order valence-corrected chi connectivity index (χ3v) is 4.95. The predicted molar refractivity (Wildman–Crippen MR) is 108 cm³/mol. The van der Waals surface area contributed by atoms with Gasteiger partial charge < -0.3 is 4.74 Å². The molecule has 0 saturated carbocycles. The molecule has 2 amide bonds. The van der Waals surface area contributed by atoms with Crippen molar-refractivity contribution in [3.63, 3.8) is 0 Å². The first-order valence-corrected chi connectivity index (χ1v) is 9.76. The Morgan fingerprint density at radius 3 is 2.68 bits per heavy atom. The molecule has 0 fully saturated rings. The van der Waals surface area contributed by atoms with Crippen LogP contribution in [0.2, 0.25) is 0 Å². The highest BCUT2D eigenvalue weighted by Crippen LogP contribution is 2.32. The number of aryl methyl sites for hydroxylation is 1. The van der Waals surface area contributed by atoms with Gasteiger partial charge in [0, 0.05) is 4.47 Å². The van der Waals surface area contributed by atoms with Crippen molar-refractivity contribution in [1.29, 1.82) is 0 Å². The van der Waals surface area contributed by atoms with E-state index in [1.165, 1.54) is 11.3 Å². The highest BCUT2D eigenvalue weighted by atomic mass is 79.9. The normalized spacial score (nSPS) is 10.0. The zero-order valence-corrected chi connectivity index (χ0v) is 17.7. The van der Waals surface area contributed by atoms with E-state index < -0.39 is 5.91 Å². The van der Waals surface area contributed by atoms with Crippen LogP contribution in [0.4, 0.5) is 0 Å². The molecule has 0 atom stereocenters. The Hall–Kier alpha value is -1.49. The van der Waals surface area contributed by atoms with Gasteiger partial charge >= 0.3 is 0 Å². The molecule has 25 heavy (non-hydrogen) atoms. The average Bonchev–Trinajstić information content (AvgIpc) is 3.06. The van der Waals surface area contributed by atoms with Crippen molar-refractivity contribution in [3.8, 4) is 5.75 Å². The third kappa shape index (κ3) is 6.07. The Balaban J connectivity index is 1.78. The van der Waals surface area contributed by atoms with E-state index in [1.807, 2.05) is 19.1 Å². The number of hydrogen-bond acceptors (Lipinski definition) is 5. The number of halogens is 2. The quantitative estimate of drug-likeness (QED) is 0.438. The molecule has 0 aliphatic rings. The van der Waals surface area contributed by atoms with E-state index in [0.29, 0.717) is 10.6 Å². The van der Waals surface area contributed by atoms with Gasteiger partial charge in [0.15, 0.2) is 11.7 Å². The summed E-state index contributed by atoms with van der Waals surface area (Å²) >= 11 is 13.0. The van der Waals surface area contributed by atoms with E-state index in [-0.39, 0.29) is 17.6 Å². The summed E-state index contributed by atoms with van der Waals surface area (Å²) in [5.41, 5.74) is 5.74. The minimum absolute atomic E-state index is 0.0231. The minimum Gasteiger partial charge on any atom is -0.482 e. The highest BCUT2D eigenvalue weighted by Gasteiger charge is 2.11. The summed E-state index contributed by atoms with van der Waals surface area (Å²) in [7, 11) is 0.